The average Bonchev–Trinajstić information content (AvgIpc) is 2.03. The third-order valence-electron chi connectivity index (χ3n) is 3.45. The van der Waals surface area contributed by atoms with Crippen LogP contribution < -0.4 is 5.73 Å². The van der Waals surface area contributed by atoms with E-state index in [-0.39, 0.29) is 17.4 Å². The molecule has 1 atom stereocenters. The van der Waals surface area contributed by atoms with Crippen molar-refractivity contribution in [3.05, 3.63) is 0 Å². The monoisotopic (exact) mass is 185 g/mol. The Morgan fingerprint density at radius 3 is 2.54 bits per heavy atom. The molecule has 0 spiro atoms. The van der Waals surface area contributed by atoms with Crippen LogP contribution in [0.15, 0.2) is 0 Å². The van der Waals surface area contributed by atoms with E-state index in [0.29, 0.717) is 6.42 Å². The van der Waals surface area contributed by atoms with Gasteiger partial charge >= 0.3 is 5.97 Å². The smallest absolute Gasteiger partial charge is 0.307 e. The molecule has 1 aliphatic rings. The summed E-state index contributed by atoms with van der Waals surface area (Å²) in [5, 5.41) is 0. The van der Waals surface area contributed by atoms with Crippen LogP contribution >= 0.6 is 0 Å². The topological polar surface area (TPSA) is 52.3 Å². The molecule has 0 aromatic carbocycles. The molecule has 76 valence electrons. The Morgan fingerprint density at radius 2 is 2.23 bits per heavy atom. The molecule has 0 radical (unpaired) electrons. The Kier molecular flexibility index (Phi) is 3.31. The summed E-state index contributed by atoms with van der Waals surface area (Å²) < 4.78 is 4.61. The lowest BCUT2D eigenvalue weighted by Gasteiger charge is -2.45. The second-order valence-corrected chi connectivity index (χ2v) is 3.96. The predicted molar refractivity (Wildman–Crippen MR) is 51.2 cm³/mol. The maximum absolute atomic E-state index is 11.0. The summed E-state index contributed by atoms with van der Waals surface area (Å²) in [6, 6.07) is -0.0151. The van der Waals surface area contributed by atoms with Crippen molar-refractivity contribution in [1.29, 1.82) is 0 Å². The summed E-state index contributed by atoms with van der Waals surface area (Å²) >= 11 is 0. The number of carbonyl (C=O) groups excluding carboxylic acids is 1. The van der Waals surface area contributed by atoms with Gasteiger partial charge in [0.05, 0.1) is 13.5 Å². The minimum absolute atomic E-state index is 0.0151. The van der Waals surface area contributed by atoms with E-state index in [1.807, 2.05) is 0 Å². The van der Waals surface area contributed by atoms with Crippen molar-refractivity contribution < 1.29 is 9.53 Å². The minimum atomic E-state index is -0.188. The Hall–Kier alpha value is -0.570. The molecule has 0 saturated heterocycles. The zero-order chi connectivity index (χ0) is 9.90. The molecule has 3 nitrogen and oxygen atoms in total. The number of nitrogens with two attached hydrogens (primary N) is 1. The summed E-state index contributed by atoms with van der Waals surface area (Å²) in [6.45, 7) is 2.15. The molecule has 0 amide bonds. The molecular weight excluding hydrogens is 166 g/mol. The number of esters is 1. The molecule has 1 rings (SSSR count). The van der Waals surface area contributed by atoms with E-state index in [1.165, 1.54) is 26.4 Å². The third kappa shape index (κ3) is 2.02. The molecule has 13 heavy (non-hydrogen) atoms. The van der Waals surface area contributed by atoms with Crippen molar-refractivity contribution in [1.82, 2.24) is 0 Å². The van der Waals surface area contributed by atoms with Crippen LogP contribution in [0.3, 0.4) is 0 Å². The first-order valence-corrected chi connectivity index (χ1v) is 4.97. The fourth-order valence-corrected chi connectivity index (χ4v) is 2.10. The number of ether oxygens (including phenoxy) is 1. The lowest BCUT2D eigenvalue weighted by Crippen LogP contribution is -2.47. The van der Waals surface area contributed by atoms with Gasteiger partial charge in [0.25, 0.3) is 0 Å². The predicted octanol–water partition coefficient (Wildman–Crippen LogP) is 1.46. The van der Waals surface area contributed by atoms with Crippen molar-refractivity contribution in [2.24, 2.45) is 11.1 Å². The van der Waals surface area contributed by atoms with Gasteiger partial charge in [-0.05, 0) is 24.7 Å². The van der Waals surface area contributed by atoms with Crippen LogP contribution in [0.5, 0.6) is 0 Å². The molecule has 0 heterocycles. The minimum Gasteiger partial charge on any atom is -0.469 e. The van der Waals surface area contributed by atoms with Crippen molar-refractivity contribution in [2.45, 2.75) is 45.1 Å². The van der Waals surface area contributed by atoms with Gasteiger partial charge in [-0.25, -0.2) is 0 Å². The fourth-order valence-electron chi connectivity index (χ4n) is 2.10. The number of rotatable bonds is 4. The van der Waals surface area contributed by atoms with E-state index in [2.05, 4.69) is 11.7 Å². The highest BCUT2D eigenvalue weighted by molar-refractivity contribution is 5.70. The Bertz CT molecular complexity index is 182. The largest absolute Gasteiger partial charge is 0.469 e. The molecule has 1 fully saturated rings. The van der Waals surface area contributed by atoms with Gasteiger partial charge in [-0.15, -0.1) is 0 Å². The van der Waals surface area contributed by atoms with Gasteiger partial charge in [0, 0.05) is 6.04 Å². The fraction of sp³-hybridized carbons (Fsp3) is 0.900. The highest BCUT2D eigenvalue weighted by Crippen LogP contribution is 2.46. The molecule has 0 aromatic rings. The zero-order valence-corrected chi connectivity index (χ0v) is 8.51. The molecule has 1 saturated carbocycles. The van der Waals surface area contributed by atoms with Gasteiger partial charge < -0.3 is 10.5 Å². The summed E-state index contributed by atoms with van der Waals surface area (Å²) in [5.74, 6) is -0.188. The Labute approximate surface area is 79.6 Å². The number of methoxy groups -OCH3 is 1. The number of hydrogen-bond donors (Lipinski definition) is 1. The first kappa shape index (κ1) is 10.5. The molecule has 1 aliphatic carbocycles. The molecule has 2 N–H and O–H groups in total. The van der Waals surface area contributed by atoms with Crippen LogP contribution in [0.4, 0.5) is 0 Å². The van der Waals surface area contributed by atoms with E-state index < -0.39 is 0 Å². The number of carbonyl (C=O) groups is 1. The van der Waals surface area contributed by atoms with Gasteiger partial charge in [0.15, 0.2) is 0 Å². The maximum Gasteiger partial charge on any atom is 0.307 e. The summed E-state index contributed by atoms with van der Waals surface area (Å²) in [5.41, 5.74) is 6.23. The van der Waals surface area contributed by atoms with E-state index in [1.54, 1.807) is 0 Å². The summed E-state index contributed by atoms with van der Waals surface area (Å²) in [4.78, 5) is 11.0. The van der Waals surface area contributed by atoms with Gasteiger partial charge in [-0.3, -0.25) is 4.79 Å². The van der Waals surface area contributed by atoms with Gasteiger partial charge in [0.1, 0.15) is 0 Å². The maximum atomic E-state index is 11.0. The molecule has 0 bridgehead atoms. The molecule has 0 aliphatic heterocycles. The highest BCUT2D eigenvalue weighted by Gasteiger charge is 2.41. The van der Waals surface area contributed by atoms with E-state index in [4.69, 9.17) is 5.73 Å². The van der Waals surface area contributed by atoms with Crippen molar-refractivity contribution in [2.75, 3.05) is 7.11 Å². The highest BCUT2D eigenvalue weighted by atomic mass is 16.5. The second kappa shape index (κ2) is 4.09. The van der Waals surface area contributed by atoms with Crippen molar-refractivity contribution >= 4 is 5.97 Å². The molecule has 3 heteroatoms. The van der Waals surface area contributed by atoms with Crippen LogP contribution in [0.25, 0.3) is 0 Å². The van der Waals surface area contributed by atoms with Crippen LogP contribution in [0, 0.1) is 5.41 Å². The van der Waals surface area contributed by atoms with Crippen molar-refractivity contribution in [3.63, 3.8) is 0 Å². The molecule has 1 unspecified atom stereocenters. The lowest BCUT2D eigenvalue weighted by atomic mass is 9.62. The molecular formula is C10H19NO2. The Balaban J connectivity index is 2.45. The second-order valence-electron chi connectivity index (χ2n) is 3.96. The summed E-state index contributed by atoms with van der Waals surface area (Å²) in [7, 11) is 1.41. The van der Waals surface area contributed by atoms with E-state index in [0.717, 1.165) is 6.42 Å². The van der Waals surface area contributed by atoms with Gasteiger partial charge in [-0.2, -0.15) is 0 Å². The normalized spacial score (nSPS) is 21.8. The number of hydrogen-bond acceptors (Lipinski definition) is 3. The zero-order valence-electron chi connectivity index (χ0n) is 8.51. The van der Waals surface area contributed by atoms with Gasteiger partial charge in [-0.1, -0.05) is 13.3 Å². The Morgan fingerprint density at radius 1 is 1.62 bits per heavy atom. The van der Waals surface area contributed by atoms with E-state index >= 15 is 0 Å². The SMILES string of the molecule is CCC1(C(N)CC(=O)OC)CCC1. The first-order chi connectivity index (χ1) is 6.14. The summed E-state index contributed by atoms with van der Waals surface area (Å²) in [6.07, 6.45) is 5.03. The standard InChI is InChI=1S/C10H19NO2/c1-3-10(5-4-6-10)8(11)7-9(12)13-2/h8H,3-7,11H2,1-2H3. The van der Waals surface area contributed by atoms with Crippen LogP contribution in [0.2, 0.25) is 0 Å². The average molecular weight is 185 g/mol. The van der Waals surface area contributed by atoms with Gasteiger partial charge in [0.2, 0.25) is 0 Å². The quantitative estimate of drug-likeness (QED) is 0.674. The lowest BCUT2D eigenvalue weighted by molar-refractivity contribution is -0.142. The third-order valence-corrected chi connectivity index (χ3v) is 3.45. The molecule has 0 aromatic heterocycles. The first-order valence-electron chi connectivity index (χ1n) is 4.97. The van der Waals surface area contributed by atoms with E-state index in [9.17, 15) is 4.79 Å². The van der Waals surface area contributed by atoms with Crippen molar-refractivity contribution in [3.8, 4) is 0 Å². The van der Waals surface area contributed by atoms with Crippen LogP contribution in [-0.2, 0) is 9.53 Å². The van der Waals surface area contributed by atoms with Crippen LogP contribution in [-0.4, -0.2) is 19.1 Å². The van der Waals surface area contributed by atoms with Crippen LogP contribution in [0.1, 0.15) is 39.0 Å².